The van der Waals surface area contributed by atoms with E-state index in [1.807, 2.05) is 0 Å². The monoisotopic (exact) mass is 281 g/mol. The molecule has 4 heteroatoms. The Morgan fingerprint density at radius 3 is 2.37 bits per heavy atom. The zero-order chi connectivity index (χ0) is 14.1. The summed E-state index contributed by atoms with van der Waals surface area (Å²) in [6, 6.07) is 8.99. The normalized spacial score (nSPS) is 11.8. The molecule has 0 fully saturated rings. The first kappa shape index (κ1) is 16.4. The molecule has 0 heterocycles. The largest absolute Gasteiger partial charge is 0.394 e. The summed E-state index contributed by atoms with van der Waals surface area (Å²) >= 11 is 0. The van der Waals surface area contributed by atoms with Crippen LogP contribution in [0, 0.1) is 0 Å². The summed E-state index contributed by atoms with van der Waals surface area (Å²) < 4.78 is 5.20. The number of ether oxygens (including phenoxy) is 1. The van der Waals surface area contributed by atoms with E-state index in [0.717, 1.165) is 19.5 Å². The van der Waals surface area contributed by atoms with Crippen molar-refractivity contribution in [1.82, 2.24) is 5.32 Å². The molecule has 0 saturated heterocycles. The second-order valence-electron chi connectivity index (χ2n) is 5.81. The van der Waals surface area contributed by atoms with E-state index in [2.05, 4.69) is 49.2 Å². The summed E-state index contributed by atoms with van der Waals surface area (Å²) in [6.45, 7) is 10.2. The Bertz CT molecular complexity index is 346. The number of hydrogen-bond acceptors (Lipinski definition) is 3. The van der Waals surface area contributed by atoms with Crippen LogP contribution in [0.3, 0.4) is 0 Å². The van der Waals surface area contributed by atoms with Gasteiger partial charge < -0.3 is 15.2 Å². The molecule has 0 amide bonds. The van der Waals surface area contributed by atoms with Crippen molar-refractivity contribution in [2.24, 2.45) is 0 Å². The molecule has 108 valence electrons. The quantitative estimate of drug-likeness (QED) is 0.535. The molecule has 0 aliphatic carbocycles. The predicted octanol–water partition coefficient (Wildman–Crippen LogP) is 1.72. The second-order valence-corrected chi connectivity index (χ2v) is 10.9. The maximum Gasteiger partial charge on any atom is 0.0775 e. The Kier molecular flexibility index (Phi) is 7.31. The number of nitrogens with one attached hydrogen (secondary N) is 1. The van der Waals surface area contributed by atoms with Gasteiger partial charge in [0.1, 0.15) is 0 Å². The summed E-state index contributed by atoms with van der Waals surface area (Å²) in [5, 5.41) is 13.5. The molecule has 0 saturated carbocycles. The van der Waals surface area contributed by atoms with Crippen LogP contribution in [0.1, 0.15) is 12.0 Å². The Labute approximate surface area is 118 Å². The minimum absolute atomic E-state index is 0.108. The summed E-state index contributed by atoms with van der Waals surface area (Å²) in [6.07, 6.45) is 0.979. The van der Waals surface area contributed by atoms with E-state index in [1.165, 1.54) is 10.8 Å². The minimum Gasteiger partial charge on any atom is -0.394 e. The van der Waals surface area contributed by atoms with E-state index in [1.54, 1.807) is 0 Å². The van der Waals surface area contributed by atoms with E-state index in [9.17, 15) is 0 Å². The van der Waals surface area contributed by atoms with Gasteiger partial charge in [0.15, 0.2) is 0 Å². The molecule has 19 heavy (non-hydrogen) atoms. The lowest BCUT2D eigenvalue weighted by Crippen LogP contribution is -2.37. The average molecular weight is 281 g/mol. The molecule has 2 N–H and O–H groups in total. The lowest BCUT2D eigenvalue weighted by molar-refractivity contribution is 0.0907. The number of aliphatic hydroxyl groups is 1. The molecular formula is C15H27NO2Si. The van der Waals surface area contributed by atoms with Crippen LogP contribution in [0.4, 0.5) is 0 Å². The zero-order valence-corrected chi connectivity index (χ0v) is 13.4. The molecular weight excluding hydrogens is 254 g/mol. The first-order valence-electron chi connectivity index (χ1n) is 7.03. The van der Waals surface area contributed by atoms with E-state index >= 15 is 0 Å². The Morgan fingerprint density at radius 2 is 1.79 bits per heavy atom. The van der Waals surface area contributed by atoms with Crippen LogP contribution in [0.2, 0.25) is 19.6 Å². The van der Waals surface area contributed by atoms with Crippen LogP contribution in [-0.4, -0.2) is 39.5 Å². The Hall–Kier alpha value is -0.683. The van der Waals surface area contributed by atoms with Crippen LogP contribution < -0.4 is 10.5 Å². The highest BCUT2D eigenvalue weighted by Crippen LogP contribution is 2.04. The van der Waals surface area contributed by atoms with Crippen molar-refractivity contribution in [3.05, 3.63) is 29.8 Å². The lowest BCUT2D eigenvalue weighted by Gasteiger charge is -2.16. The molecule has 0 atom stereocenters. The molecule has 0 unspecified atom stereocenters. The van der Waals surface area contributed by atoms with Gasteiger partial charge in [0.05, 0.1) is 21.3 Å². The first-order chi connectivity index (χ1) is 9.04. The van der Waals surface area contributed by atoms with Gasteiger partial charge in [-0.05, 0) is 18.5 Å². The fraction of sp³-hybridized carbons (Fsp3) is 0.600. The zero-order valence-electron chi connectivity index (χ0n) is 12.4. The molecule has 0 spiro atoms. The first-order valence-corrected chi connectivity index (χ1v) is 10.5. The fourth-order valence-electron chi connectivity index (χ4n) is 1.82. The second kappa shape index (κ2) is 8.48. The third kappa shape index (κ3) is 6.87. The van der Waals surface area contributed by atoms with Crippen LogP contribution >= 0.6 is 0 Å². The van der Waals surface area contributed by atoms with Crippen molar-refractivity contribution in [1.29, 1.82) is 0 Å². The minimum atomic E-state index is -1.17. The van der Waals surface area contributed by atoms with E-state index < -0.39 is 8.07 Å². The highest BCUT2D eigenvalue weighted by atomic mass is 28.3. The van der Waals surface area contributed by atoms with Gasteiger partial charge in [-0.25, -0.2) is 0 Å². The molecule has 0 aromatic heterocycles. The third-order valence-electron chi connectivity index (χ3n) is 3.03. The van der Waals surface area contributed by atoms with Crippen molar-refractivity contribution >= 4 is 13.3 Å². The van der Waals surface area contributed by atoms with Gasteiger partial charge in [0, 0.05) is 13.2 Å². The Balaban J connectivity index is 2.20. The van der Waals surface area contributed by atoms with E-state index in [-0.39, 0.29) is 6.61 Å². The van der Waals surface area contributed by atoms with Gasteiger partial charge in [-0.1, -0.05) is 49.1 Å². The van der Waals surface area contributed by atoms with Gasteiger partial charge in [-0.15, -0.1) is 0 Å². The van der Waals surface area contributed by atoms with Crippen LogP contribution in [0.15, 0.2) is 24.3 Å². The lowest BCUT2D eigenvalue weighted by atomic mass is 10.2. The van der Waals surface area contributed by atoms with E-state index in [0.29, 0.717) is 13.2 Å². The number of aliphatic hydroxyl groups excluding tert-OH is 1. The summed E-state index contributed by atoms with van der Waals surface area (Å²) in [5.41, 5.74) is 1.33. The predicted molar refractivity (Wildman–Crippen MR) is 83.7 cm³/mol. The average Bonchev–Trinajstić information content (AvgIpc) is 2.37. The topological polar surface area (TPSA) is 41.5 Å². The maximum atomic E-state index is 8.56. The van der Waals surface area contributed by atoms with Crippen LogP contribution in [-0.2, 0) is 11.3 Å². The van der Waals surface area contributed by atoms with Gasteiger partial charge in [0.2, 0.25) is 0 Å². The molecule has 0 aliphatic heterocycles. The van der Waals surface area contributed by atoms with Crippen molar-refractivity contribution in [2.45, 2.75) is 32.6 Å². The molecule has 1 aromatic carbocycles. The molecule has 3 nitrogen and oxygen atoms in total. The van der Waals surface area contributed by atoms with Crippen molar-refractivity contribution in [2.75, 3.05) is 26.4 Å². The summed E-state index contributed by atoms with van der Waals surface area (Å²) in [7, 11) is -1.17. The molecule has 0 radical (unpaired) electrons. The van der Waals surface area contributed by atoms with E-state index in [4.69, 9.17) is 9.84 Å². The highest BCUT2D eigenvalue weighted by Gasteiger charge is 2.15. The van der Waals surface area contributed by atoms with Crippen molar-refractivity contribution in [3.63, 3.8) is 0 Å². The third-order valence-corrected chi connectivity index (χ3v) is 5.09. The van der Waals surface area contributed by atoms with Gasteiger partial charge in [0.25, 0.3) is 0 Å². The van der Waals surface area contributed by atoms with Gasteiger partial charge in [-0.2, -0.15) is 0 Å². The van der Waals surface area contributed by atoms with Crippen molar-refractivity contribution < 1.29 is 9.84 Å². The molecule has 0 bridgehead atoms. The smallest absolute Gasteiger partial charge is 0.0775 e. The van der Waals surface area contributed by atoms with Gasteiger partial charge in [-0.3, -0.25) is 0 Å². The Morgan fingerprint density at radius 1 is 1.11 bits per heavy atom. The van der Waals surface area contributed by atoms with Crippen LogP contribution in [0.5, 0.6) is 0 Å². The maximum absolute atomic E-state index is 8.56. The SMILES string of the molecule is C[Si](C)(C)c1ccc(CNCCCOCCO)cc1. The number of rotatable bonds is 9. The molecule has 0 aliphatic rings. The molecule has 1 rings (SSSR count). The highest BCUT2D eigenvalue weighted by molar-refractivity contribution is 6.88. The summed E-state index contributed by atoms with van der Waals surface area (Å²) in [5.74, 6) is 0. The van der Waals surface area contributed by atoms with Crippen molar-refractivity contribution in [3.8, 4) is 0 Å². The number of hydrogen-bond donors (Lipinski definition) is 2. The fourth-order valence-corrected chi connectivity index (χ4v) is 2.99. The molecule has 1 aromatic rings. The van der Waals surface area contributed by atoms with Gasteiger partial charge >= 0.3 is 0 Å². The summed E-state index contributed by atoms with van der Waals surface area (Å²) in [4.78, 5) is 0. The number of benzene rings is 1. The van der Waals surface area contributed by atoms with Crippen LogP contribution in [0.25, 0.3) is 0 Å². The standard InChI is InChI=1S/C15H27NO2Si/c1-19(2,3)15-7-5-14(6-8-15)13-16-9-4-11-18-12-10-17/h5-8,16-17H,4,9-13H2,1-3H3.